The van der Waals surface area contributed by atoms with Crippen LogP contribution in [0.15, 0.2) is 18.6 Å². The zero-order chi connectivity index (χ0) is 15.1. The first-order chi connectivity index (χ1) is 10.3. The number of imidazole rings is 1. The summed E-state index contributed by atoms with van der Waals surface area (Å²) in [6, 6.07) is 1.93. The van der Waals surface area contributed by atoms with E-state index < -0.39 is 0 Å². The Morgan fingerprint density at radius 1 is 1.24 bits per heavy atom. The number of ether oxygens (including phenoxy) is 1. The number of nitrogens with one attached hydrogen (secondary N) is 1. The molecule has 2 rings (SSSR count). The van der Waals surface area contributed by atoms with Crippen molar-refractivity contribution in [2.45, 2.75) is 39.8 Å². The second kappa shape index (κ2) is 7.73. The summed E-state index contributed by atoms with van der Waals surface area (Å²) in [6.07, 6.45) is 5.73. The van der Waals surface area contributed by atoms with Crippen LogP contribution in [-0.4, -0.2) is 33.2 Å². The van der Waals surface area contributed by atoms with E-state index in [1.54, 1.807) is 7.11 Å². The molecule has 0 atom stereocenters. The van der Waals surface area contributed by atoms with Gasteiger partial charge in [0.15, 0.2) is 5.82 Å². The van der Waals surface area contributed by atoms with Crippen LogP contribution in [0.5, 0.6) is 0 Å². The summed E-state index contributed by atoms with van der Waals surface area (Å²) in [5.41, 5.74) is 1.81. The Balaban J connectivity index is 2.36. The lowest BCUT2D eigenvalue weighted by Crippen LogP contribution is -2.08. The predicted molar refractivity (Wildman–Crippen MR) is 83.0 cm³/mol. The van der Waals surface area contributed by atoms with Crippen molar-refractivity contribution in [2.24, 2.45) is 0 Å². The monoisotopic (exact) mass is 289 g/mol. The van der Waals surface area contributed by atoms with Crippen LogP contribution < -0.4 is 5.32 Å². The molecule has 0 aromatic carbocycles. The highest BCUT2D eigenvalue weighted by Crippen LogP contribution is 2.18. The standard InChI is InChI=1S/C15H23N5O/c1-4-6-17-14-8-12(10-21-3)18-15(19-14)13-9-16-11-20(13)7-5-2/h8-9,11H,4-7,10H2,1-3H3,(H,17,18,19). The molecule has 0 fully saturated rings. The Bertz CT molecular complexity index is 567. The van der Waals surface area contributed by atoms with Gasteiger partial charge >= 0.3 is 0 Å². The van der Waals surface area contributed by atoms with Crippen molar-refractivity contribution in [3.05, 3.63) is 24.3 Å². The average molecular weight is 289 g/mol. The Labute approximate surface area is 125 Å². The molecule has 21 heavy (non-hydrogen) atoms. The van der Waals surface area contributed by atoms with Crippen molar-refractivity contribution in [1.29, 1.82) is 0 Å². The van der Waals surface area contributed by atoms with E-state index in [1.807, 2.05) is 18.6 Å². The van der Waals surface area contributed by atoms with Gasteiger partial charge < -0.3 is 14.6 Å². The summed E-state index contributed by atoms with van der Waals surface area (Å²) in [5, 5.41) is 3.31. The van der Waals surface area contributed by atoms with Gasteiger partial charge in [-0.2, -0.15) is 0 Å². The molecule has 2 aromatic heterocycles. The van der Waals surface area contributed by atoms with E-state index in [0.717, 1.165) is 43.1 Å². The van der Waals surface area contributed by atoms with Crippen molar-refractivity contribution in [3.63, 3.8) is 0 Å². The number of hydrogen-bond donors (Lipinski definition) is 1. The molecule has 2 aromatic rings. The molecule has 0 aliphatic heterocycles. The molecule has 0 aliphatic rings. The van der Waals surface area contributed by atoms with Gasteiger partial charge in [-0.3, -0.25) is 0 Å². The smallest absolute Gasteiger partial charge is 0.180 e. The minimum absolute atomic E-state index is 0.470. The fraction of sp³-hybridized carbons (Fsp3) is 0.533. The maximum Gasteiger partial charge on any atom is 0.180 e. The summed E-state index contributed by atoms with van der Waals surface area (Å²) in [6.45, 7) is 6.53. The van der Waals surface area contributed by atoms with Crippen LogP contribution in [0.3, 0.4) is 0 Å². The van der Waals surface area contributed by atoms with Crippen LogP contribution >= 0.6 is 0 Å². The number of hydrogen-bond acceptors (Lipinski definition) is 5. The lowest BCUT2D eigenvalue weighted by molar-refractivity contribution is 0.181. The van der Waals surface area contributed by atoms with E-state index in [4.69, 9.17) is 4.74 Å². The molecule has 0 spiro atoms. The molecular weight excluding hydrogens is 266 g/mol. The Hall–Kier alpha value is -1.95. The molecule has 0 amide bonds. The van der Waals surface area contributed by atoms with E-state index in [2.05, 4.69) is 38.7 Å². The summed E-state index contributed by atoms with van der Waals surface area (Å²) in [4.78, 5) is 13.4. The molecule has 0 radical (unpaired) electrons. The highest BCUT2D eigenvalue weighted by atomic mass is 16.5. The Kier molecular flexibility index (Phi) is 5.68. The van der Waals surface area contributed by atoms with Gasteiger partial charge in [0.05, 0.1) is 24.8 Å². The third kappa shape index (κ3) is 4.01. The van der Waals surface area contributed by atoms with Gasteiger partial charge in [0.25, 0.3) is 0 Å². The Morgan fingerprint density at radius 2 is 2.10 bits per heavy atom. The summed E-state index contributed by atoms with van der Waals surface area (Å²) in [7, 11) is 1.67. The lowest BCUT2D eigenvalue weighted by Gasteiger charge is -2.10. The third-order valence-electron chi connectivity index (χ3n) is 3.03. The van der Waals surface area contributed by atoms with E-state index in [1.165, 1.54) is 0 Å². The molecular formula is C15H23N5O. The van der Waals surface area contributed by atoms with E-state index in [-0.39, 0.29) is 0 Å². The fourth-order valence-corrected chi connectivity index (χ4v) is 2.10. The summed E-state index contributed by atoms with van der Waals surface area (Å²) >= 11 is 0. The van der Waals surface area contributed by atoms with Gasteiger partial charge in [-0.25, -0.2) is 15.0 Å². The molecule has 1 N–H and O–H groups in total. The minimum atomic E-state index is 0.470. The van der Waals surface area contributed by atoms with Crippen LogP contribution in [-0.2, 0) is 17.9 Å². The molecule has 2 heterocycles. The molecule has 0 aliphatic carbocycles. The van der Waals surface area contributed by atoms with Crippen molar-refractivity contribution in [3.8, 4) is 11.5 Å². The molecule has 114 valence electrons. The molecule has 0 unspecified atom stereocenters. The molecule has 6 heteroatoms. The molecule has 0 bridgehead atoms. The SMILES string of the molecule is CCCNc1cc(COC)nc(-c2cncn2CCC)n1. The molecule has 6 nitrogen and oxygen atoms in total. The molecule has 0 saturated heterocycles. The van der Waals surface area contributed by atoms with Gasteiger partial charge in [-0.1, -0.05) is 13.8 Å². The van der Waals surface area contributed by atoms with E-state index in [9.17, 15) is 0 Å². The number of anilines is 1. The topological polar surface area (TPSA) is 64.9 Å². The maximum absolute atomic E-state index is 5.20. The average Bonchev–Trinajstić information content (AvgIpc) is 2.94. The van der Waals surface area contributed by atoms with Gasteiger partial charge in [-0.15, -0.1) is 0 Å². The van der Waals surface area contributed by atoms with Crippen molar-refractivity contribution >= 4 is 5.82 Å². The highest BCUT2D eigenvalue weighted by molar-refractivity contribution is 5.53. The van der Waals surface area contributed by atoms with Gasteiger partial charge in [-0.05, 0) is 12.8 Å². The first-order valence-corrected chi connectivity index (χ1v) is 7.39. The fourth-order valence-electron chi connectivity index (χ4n) is 2.10. The zero-order valence-electron chi connectivity index (χ0n) is 13.0. The maximum atomic E-state index is 5.20. The van der Waals surface area contributed by atoms with Crippen LogP contribution in [0.2, 0.25) is 0 Å². The predicted octanol–water partition coefficient (Wildman–Crippen LogP) is 2.72. The Morgan fingerprint density at radius 3 is 2.81 bits per heavy atom. The number of rotatable bonds is 8. The van der Waals surface area contributed by atoms with Crippen molar-refractivity contribution < 1.29 is 4.74 Å². The van der Waals surface area contributed by atoms with Crippen LogP contribution in [0.1, 0.15) is 32.4 Å². The second-order valence-electron chi connectivity index (χ2n) is 4.90. The number of nitrogens with zero attached hydrogens (tertiary/aromatic N) is 4. The minimum Gasteiger partial charge on any atom is -0.378 e. The van der Waals surface area contributed by atoms with Crippen LogP contribution in [0.25, 0.3) is 11.5 Å². The van der Waals surface area contributed by atoms with E-state index >= 15 is 0 Å². The van der Waals surface area contributed by atoms with Crippen molar-refractivity contribution in [1.82, 2.24) is 19.5 Å². The van der Waals surface area contributed by atoms with Gasteiger partial charge in [0.2, 0.25) is 0 Å². The first kappa shape index (κ1) is 15.4. The quantitative estimate of drug-likeness (QED) is 0.809. The third-order valence-corrected chi connectivity index (χ3v) is 3.03. The summed E-state index contributed by atoms with van der Waals surface area (Å²) in [5.74, 6) is 1.52. The second-order valence-corrected chi connectivity index (χ2v) is 4.90. The van der Waals surface area contributed by atoms with E-state index in [0.29, 0.717) is 12.4 Å². The van der Waals surface area contributed by atoms with Gasteiger partial charge in [0.1, 0.15) is 11.5 Å². The normalized spacial score (nSPS) is 10.8. The van der Waals surface area contributed by atoms with Crippen LogP contribution in [0.4, 0.5) is 5.82 Å². The van der Waals surface area contributed by atoms with Crippen LogP contribution in [0, 0.1) is 0 Å². The van der Waals surface area contributed by atoms with Crippen molar-refractivity contribution in [2.75, 3.05) is 19.0 Å². The molecule has 0 saturated carbocycles. The largest absolute Gasteiger partial charge is 0.378 e. The summed E-state index contributed by atoms with van der Waals surface area (Å²) < 4.78 is 7.28. The zero-order valence-corrected chi connectivity index (χ0v) is 13.0. The van der Waals surface area contributed by atoms with Gasteiger partial charge in [0, 0.05) is 26.3 Å². The highest BCUT2D eigenvalue weighted by Gasteiger charge is 2.11. The number of methoxy groups -OCH3 is 1. The number of aryl methyl sites for hydroxylation is 1. The lowest BCUT2D eigenvalue weighted by atomic mass is 10.3. The first-order valence-electron chi connectivity index (χ1n) is 7.39. The number of aromatic nitrogens is 4.